The third-order valence-electron chi connectivity index (χ3n) is 5.19. The van der Waals surface area contributed by atoms with Crippen molar-refractivity contribution in [2.75, 3.05) is 12.4 Å². The quantitative estimate of drug-likeness (QED) is 0.614. The van der Waals surface area contributed by atoms with Crippen LogP contribution in [0.1, 0.15) is 39.9 Å². The van der Waals surface area contributed by atoms with Crippen molar-refractivity contribution in [3.63, 3.8) is 0 Å². The van der Waals surface area contributed by atoms with E-state index in [2.05, 4.69) is 39.5 Å². The first-order chi connectivity index (χ1) is 12.5. The molecule has 6 heteroatoms. The van der Waals surface area contributed by atoms with Gasteiger partial charge >= 0.3 is 5.97 Å². The minimum Gasteiger partial charge on any atom is -0.496 e. The van der Waals surface area contributed by atoms with Gasteiger partial charge in [0.2, 0.25) is 0 Å². The van der Waals surface area contributed by atoms with Gasteiger partial charge in [-0.1, -0.05) is 39.7 Å². The largest absolute Gasteiger partial charge is 0.496 e. The minimum atomic E-state index is -0.969. The number of ether oxygens (including phenoxy) is 1. The van der Waals surface area contributed by atoms with E-state index < -0.39 is 5.97 Å². The van der Waals surface area contributed by atoms with Crippen molar-refractivity contribution in [2.45, 2.75) is 18.4 Å². The summed E-state index contributed by atoms with van der Waals surface area (Å²) in [6.07, 6.45) is 5.22. The maximum atomic E-state index is 11.4. The van der Waals surface area contributed by atoms with Crippen LogP contribution in [-0.2, 0) is 0 Å². The highest BCUT2D eigenvalue weighted by Crippen LogP contribution is 2.53. The number of fused-ring (bicyclic) bond motifs is 3. The third-order valence-corrected chi connectivity index (χ3v) is 5.99. The van der Waals surface area contributed by atoms with Crippen molar-refractivity contribution >= 4 is 39.2 Å². The smallest absolute Gasteiger partial charge is 0.335 e. The van der Waals surface area contributed by atoms with Crippen LogP contribution in [0.2, 0.25) is 5.02 Å². The molecule has 0 fully saturated rings. The van der Waals surface area contributed by atoms with Crippen LogP contribution in [0.25, 0.3) is 0 Å². The number of methoxy groups -OCH3 is 1. The molecule has 0 saturated carbocycles. The number of hydrogen-bond donors (Lipinski definition) is 2. The average Bonchev–Trinajstić information content (AvgIpc) is 3.11. The van der Waals surface area contributed by atoms with Crippen molar-refractivity contribution < 1.29 is 14.6 Å². The molecule has 0 saturated heterocycles. The highest BCUT2D eigenvalue weighted by atomic mass is 79.9. The van der Waals surface area contributed by atoms with Gasteiger partial charge in [-0.3, -0.25) is 0 Å². The van der Waals surface area contributed by atoms with Gasteiger partial charge in [0.15, 0.2) is 0 Å². The second-order valence-corrected chi connectivity index (χ2v) is 7.91. The summed E-state index contributed by atoms with van der Waals surface area (Å²) >= 11 is 10.00. The van der Waals surface area contributed by atoms with Crippen molar-refractivity contribution in [1.82, 2.24) is 0 Å². The van der Waals surface area contributed by atoms with Gasteiger partial charge in [0.25, 0.3) is 0 Å². The number of anilines is 1. The van der Waals surface area contributed by atoms with Crippen LogP contribution in [0.5, 0.6) is 5.75 Å². The van der Waals surface area contributed by atoms with E-state index in [0.717, 1.165) is 33.5 Å². The zero-order valence-electron chi connectivity index (χ0n) is 14.0. The monoisotopic (exact) mass is 433 g/mol. The van der Waals surface area contributed by atoms with Crippen LogP contribution in [0, 0.1) is 5.92 Å². The van der Waals surface area contributed by atoms with E-state index in [4.69, 9.17) is 16.3 Å². The van der Waals surface area contributed by atoms with E-state index in [1.165, 1.54) is 6.07 Å². The first kappa shape index (κ1) is 17.4. The van der Waals surface area contributed by atoms with Crippen LogP contribution in [0.15, 0.2) is 47.0 Å². The number of hydrogen-bond acceptors (Lipinski definition) is 3. The summed E-state index contributed by atoms with van der Waals surface area (Å²) in [6.45, 7) is 0. The predicted molar refractivity (Wildman–Crippen MR) is 105 cm³/mol. The Kier molecular flexibility index (Phi) is 4.45. The third kappa shape index (κ3) is 2.79. The number of nitrogens with one attached hydrogen (secondary N) is 1. The highest BCUT2D eigenvalue weighted by Gasteiger charge is 2.40. The number of halogens is 2. The van der Waals surface area contributed by atoms with Gasteiger partial charge in [0.1, 0.15) is 5.75 Å². The summed E-state index contributed by atoms with van der Waals surface area (Å²) < 4.78 is 6.56. The Morgan fingerprint density at radius 2 is 2.12 bits per heavy atom. The predicted octanol–water partition coefficient (Wildman–Crippen LogP) is 5.64. The van der Waals surface area contributed by atoms with Crippen LogP contribution in [0.3, 0.4) is 0 Å². The van der Waals surface area contributed by atoms with Crippen molar-refractivity contribution in [3.8, 4) is 5.75 Å². The summed E-state index contributed by atoms with van der Waals surface area (Å²) in [5, 5.41) is 13.3. The lowest BCUT2D eigenvalue weighted by Gasteiger charge is -2.38. The van der Waals surface area contributed by atoms with Gasteiger partial charge in [-0.25, -0.2) is 4.79 Å². The number of carboxylic acid groups (broad SMARTS) is 1. The molecule has 2 aliphatic rings. The lowest BCUT2D eigenvalue weighted by molar-refractivity contribution is 0.0696. The molecule has 4 rings (SSSR count). The second kappa shape index (κ2) is 6.63. The Morgan fingerprint density at radius 1 is 1.31 bits per heavy atom. The molecule has 1 heterocycles. The van der Waals surface area contributed by atoms with Gasteiger partial charge in [-0.05, 0) is 48.2 Å². The average molecular weight is 435 g/mol. The van der Waals surface area contributed by atoms with E-state index in [9.17, 15) is 9.90 Å². The fourth-order valence-electron chi connectivity index (χ4n) is 4.04. The van der Waals surface area contributed by atoms with Crippen LogP contribution in [-0.4, -0.2) is 18.2 Å². The lowest BCUT2D eigenvalue weighted by atomic mass is 9.76. The topological polar surface area (TPSA) is 58.6 Å². The van der Waals surface area contributed by atoms with Gasteiger partial charge in [0, 0.05) is 16.0 Å². The molecular weight excluding hydrogens is 418 g/mol. The fraction of sp³-hybridized carbons (Fsp3) is 0.250. The number of carbonyl (C=O) groups is 1. The lowest BCUT2D eigenvalue weighted by Crippen LogP contribution is -2.30. The SMILES string of the molecule is COc1ccc(Br)cc1[C@@H]1Nc2c(Cl)cc(C(=O)O)cc2[C@@H]2C=CC[C@@H]21. The van der Waals surface area contributed by atoms with E-state index in [1.54, 1.807) is 13.2 Å². The Bertz CT molecular complexity index is 928. The van der Waals surface area contributed by atoms with Crippen molar-refractivity contribution in [2.24, 2.45) is 5.92 Å². The molecule has 3 atom stereocenters. The number of carboxylic acids is 1. The summed E-state index contributed by atoms with van der Waals surface area (Å²) in [4.78, 5) is 11.4. The van der Waals surface area contributed by atoms with Gasteiger partial charge < -0.3 is 15.2 Å². The molecule has 0 bridgehead atoms. The Balaban J connectivity index is 1.86. The zero-order valence-corrected chi connectivity index (χ0v) is 16.3. The molecule has 2 aromatic rings. The number of allylic oxidation sites excluding steroid dienone is 2. The highest BCUT2D eigenvalue weighted by molar-refractivity contribution is 9.10. The summed E-state index contributed by atoms with van der Waals surface area (Å²) in [5.41, 5.74) is 3.02. The molecule has 1 aliphatic carbocycles. The Hall–Kier alpha value is -1.98. The van der Waals surface area contributed by atoms with Crippen LogP contribution >= 0.6 is 27.5 Å². The van der Waals surface area contributed by atoms with E-state index in [0.29, 0.717) is 5.02 Å². The summed E-state index contributed by atoms with van der Waals surface area (Å²) in [5.74, 6) is 0.240. The molecule has 0 spiro atoms. The molecule has 134 valence electrons. The van der Waals surface area contributed by atoms with E-state index in [-0.39, 0.29) is 23.4 Å². The standard InChI is InChI=1S/C20H17BrClNO3/c1-26-17-6-5-11(21)9-15(17)18-13-4-2-3-12(13)14-7-10(20(24)25)8-16(22)19(14)23-18/h2-3,5-9,12-13,18,23H,4H2,1H3,(H,24,25)/t12-,13+,18-/m1/s1. The summed E-state index contributed by atoms with van der Waals surface area (Å²) in [6, 6.07) is 9.22. The number of aromatic carboxylic acids is 1. The molecule has 2 N–H and O–H groups in total. The second-order valence-electron chi connectivity index (χ2n) is 6.59. The van der Waals surface area contributed by atoms with Crippen LogP contribution in [0.4, 0.5) is 5.69 Å². The maximum Gasteiger partial charge on any atom is 0.335 e. The van der Waals surface area contributed by atoms with Gasteiger partial charge in [-0.2, -0.15) is 0 Å². The maximum absolute atomic E-state index is 11.4. The molecule has 2 aromatic carbocycles. The first-order valence-electron chi connectivity index (χ1n) is 8.33. The normalized spacial score (nSPS) is 23.1. The van der Waals surface area contributed by atoms with Gasteiger partial charge in [0.05, 0.1) is 29.4 Å². The molecule has 0 aromatic heterocycles. The molecular formula is C20H17BrClNO3. The number of benzene rings is 2. The fourth-order valence-corrected chi connectivity index (χ4v) is 4.70. The zero-order chi connectivity index (χ0) is 18.4. The summed E-state index contributed by atoms with van der Waals surface area (Å²) in [7, 11) is 1.67. The molecule has 0 amide bonds. The van der Waals surface area contributed by atoms with Crippen LogP contribution < -0.4 is 10.1 Å². The van der Waals surface area contributed by atoms with Gasteiger partial charge in [-0.15, -0.1) is 0 Å². The molecule has 0 unspecified atom stereocenters. The Morgan fingerprint density at radius 3 is 2.85 bits per heavy atom. The first-order valence-corrected chi connectivity index (χ1v) is 9.50. The number of rotatable bonds is 3. The van der Waals surface area contributed by atoms with E-state index >= 15 is 0 Å². The molecule has 4 nitrogen and oxygen atoms in total. The van der Waals surface area contributed by atoms with Crippen molar-refractivity contribution in [3.05, 3.63) is 68.7 Å². The van der Waals surface area contributed by atoms with Crippen molar-refractivity contribution in [1.29, 1.82) is 0 Å². The minimum absolute atomic E-state index is 0.0168. The molecule has 0 radical (unpaired) electrons. The van der Waals surface area contributed by atoms with E-state index in [1.807, 2.05) is 12.1 Å². The molecule has 1 aliphatic heterocycles. The Labute approximate surface area is 164 Å². The molecule has 26 heavy (non-hydrogen) atoms.